The summed E-state index contributed by atoms with van der Waals surface area (Å²) >= 11 is 5.90. The average Bonchev–Trinajstić information content (AvgIpc) is 3.14. The molecule has 1 amide bonds. The van der Waals surface area contributed by atoms with Crippen LogP contribution in [0.1, 0.15) is 11.1 Å². The smallest absolute Gasteiger partial charge is 0.431 e. The Bertz CT molecular complexity index is 911. The maximum absolute atomic E-state index is 10.8. The van der Waals surface area contributed by atoms with Crippen molar-refractivity contribution in [3.63, 3.8) is 0 Å². The molecule has 7 nitrogen and oxygen atoms in total. The Morgan fingerprint density at radius 1 is 1.11 bits per heavy atom. The molecule has 8 heteroatoms. The predicted molar refractivity (Wildman–Crippen MR) is 99.9 cm³/mol. The lowest BCUT2D eigenvalue weighted by atomic mass is 10.1. The van der Waals surface area contributed by atoms with E-state index >= 15 is 0 Å². The van der Waals surface area contributed by atoms with Crippen LogP contribution in [0.3, 0.4) is 0 Å². The second kappa shape index (κ2) is 8.57. The number of aromatic nitrogens is 2. The second-order valence-electron chi connectivity index (χ2n) is 5.69. The summed E-state index contributed by atoms with van der Waals surface area (Å²) in [5, 5.41) is 14.7. The average molecular weight is 388 g/mol. The molecule has 0 aliphatic rings. The number of carboxylic acid groups (broad SMARTS) is 1. The predicted octanol–water partition coefficient (Wildman–Crippen LogP) is 4.15. The number of carbonyl (C=O) groups is 1. The van der Waals surface area contributed by atoms with Crippen molar-refractivity contribution < 1.29 is 19.5 Å². The molecule has 0 atom stereocenters. The fraction of sp³-hybridized carbons (Fsp3) is 0.158. The number of nitrogens with zero attached hydrogens (tertiary/aromatic N) is 3. The number of ether oxygens (including phenoxy) is 1. The van der Waals surface area contributed by atoms with Gasteiger partial charge in [-0.1, -0.05) is 35.9 Å². The Labute approximate surface area is 161 Å². The van der Waals surface area contributed by atoms with Crippen LogP contribution in [0.4, 0.5) is 4.79 Å². The van der Waals surface area contributed by atoms with Crippen LogP contribution in [0.5, 0.6) is 5.88 Å². The molecule has 0 saturated carbocycles. The number of hydrogen-bond donors (Lipinski definition) is 1. The van der Waals surface area contributed by atoms with Gasteiger partial charge in [-0.3, -0.25) is 4.84 Å². The van der Waals surface area contributed by atoms with E-state index in [1.165, 1.54) is 7.05 Å². The summed E-state index contributed by atoms with van der Waals surface area (Å²) in [5.41, 5.74) is 2.60. The van der Waals surface area contributed by atoms with Crippen molar-refractivity contribution in [2.24, 2.45) is 0 Å². The molecule has 140 valence electrons. The molecule has 1 heterocycles. The van der Waals surface area contributed by atoms with Crippen molar-refractivity contribution in [1.82, 2.24) is 14.8 Å². The molecule has 3 aromatic rings. The molecular weight excluding hydrogens is 370 g/mol. The molecule has 1 N–H and O–H groups in total. The molecule has 0 aliphatic carbocycles. The maximum Gasteiger partial charge on any atom is 0.431 e. The van der Waals surface area contributed by atoms with Gasteiger partial charge in [-0.15, -0.1) is 5.10 Å². The van der Waals surface area contributed by atoms with E-state index in [0.29, 0.717) is 10.9 Å². The van der Waals surface area contributed by atoms with Crippen LogP contribution in [-0.4, -0.2) is 33.1 Å². The van der Waals surface area contributed by atoms with Gasteiger partial charge in [0.2, 0.25) is 5.88 Å². The lowest BCUT2D eigenvalue weighted by Crippen LogP contribution is -2.24. The Morgan fingerprint density at radius 3 is 2.44 bits per heavy atom. The zero-order valence-electron chi connectivity index (χ0n) is 14.6. The van der Waals surface area contributed by atoms with E-state index in [9.17, 15) is 4.79 Å². The second-order valence-corrected chi connectivity index (χ2v) is 6.12. The summed E-state index contributed by atoms with van der Waals surface area (Å²) in [6, 6.07) is 16.6. The van der Waals surface area contributed by atoms with Gasteiger partial charge in [-0.25, -0.2) is 9.48 Å². The lowest BCUT2D eigenvalue weighted by molar-refractivity contribution is -0.123. The highest BCUT2D eigenvalue weighted by atomic mass is 35.5. The highest BCUT2D eigenvalue weighted by Crippen LogP contribution is 2.17. The molecule has 0 aliphatic heterocycles. The van der Waals surface area contributed by atoms with Crippen LogP contribution in [0.15, 0.2) is 60.8 Å². The van der Waals surface area contributed by atoms with Crippen molar-refractivity contribution in [2.75, 3.05) is 7.05 Å². The summed E-state index contributed by atoms with van der Waals surface area (Å²) in [6.45, 7) is 0.412. The number of hydroxylamine groups is 2. The van der Waals surface area contributed by atoms with E-state index in [1.54, 1.807) is 29.1 Å². The minimum absolute atomic E-state index is 0.127. The highest BCUT2D eigenvalue weighted by Gasteiger charge is 2.09. The van der Waals surface area contributed by atoms with E-state index < -0.39 is 6.09 Å². The lowest BCUT2D eigenvalue weighted by Gasteiger charge is -2.15. The maximum atomic E-state index is 10.8. The van der Waals surface area contributed by atoms with Crippen LogP contribution in [0, 0.1) is 0 Å². The van der Waals surface area contributed by atoms with Gasteiger partial charge in [-0.05, 0) is 35.4 Å². The third kappa shape index (κ3) is 4.99. The van der Waals surface area contributed by atoms with Crippen molar-refractivity contribution >= 4 is 17.7 Å². The first-order chi connectivity index (χ1) is 13.0. The van der Waals surface area contributed by atoms with Gasteiger partial charge in [0.1, 0.15) is 13.2 Å². The first-order valence-electron chi connectivity index (χ1n) is 8.13. The summed E-state index contributed by atoms with van der Waals surface area (Å²) in [5.74, 6) is 0.475. The highest BCUT2D eigenvalue weighted by molar-refractivity contribution is 6.30. The molecule has 0 saturated heterocycles. The van der Waals surface area contributed by atoms with E-state index in [-0.39, 0.29) is 13.2 Å². The molecule has 0 radical (unpaired) electrons. The molecule has 0 bridgehead atoms. The minimum Gasteiger partial charge on any atom is -0.472 e. The molecule has 3 rings (SSSR count). The van der Waals surface area contributed by atoms with Gasteiger partial charge in [0, 0.05) is 24.3 Å². The van der Waals surface area contributed by atoms with Crippen molar-refractivity contribution in [2.45, 2.75) is 13.2 Å². The van der Waals surface area contributed by atoms with Gasteiger partial charge in [-0.2, -0.15) is 5.06 Å². The van der Waals surface area contributed by atoms with Gasteiger partial charge in [0.05, 0.1) is 5.69 Å². The van der Waals surface area contributed by atoms with Crippen LogP contribution >= 0.6 is 11.6 Å². The zero-order chi connectivity index (χ0) is 19.2. The van der Waals surface area contributed by atoms with E-state index in [0.717, 1.165) is 21.9 Å². The van der Waals surface area contributed by atoms with Crippen molar-refractivity contribution in [3.8, 4) is 11.6 Å². The Kier molecular flexibility index (Phi) is 5.95. The first-order valence-corrected chi connectivity index (χ1v) is 8.51. The molecule has 0 fully saturated rings. The fourth-order valence-corrected chi connectivity index (χ4v) is 2.46. The summed E-state index contributed by atoms with van der Waals surface area (Å²) in [6.07, 6.45) is 0.645. The van der Waals surface area contributed by atoms with E-state index in [2.05, 4.69) is 5.10 Å². The van der Waals surface area contributed by atoms with Gasteiger partial charge >= 0.3 is 6.09 Å². The van der Waals surface area contributed by atoms with Gasteiger partial charge in [0.15, 0.2) is 0 Å². The Hall–Kier alpha value is -3.03. The van der Waals surface area contributed by atoms with Crippen molar-refractivity contribution in [3.05, 3.63) is 76.9 Å². The molecule has 27 heavy (non-hydrogen) atoms. The summed E-state index contributed by atoms with van der Waals surface area (Å²) in [4.78, 5) is 16.0. The largest absolute Gasteiger partial charge is 0.472 e. The van der Waals surface area contributed by atoms with Crippen LogP contribution in [-0.2, 0) is 18.1 Å². The molecule has 1 aromatic heterocycles. The van der Waals surface area contributed by atoms with Gasteiger partial charge < -0.3 is 9.84 Å². The molecule has 0 unspecified atom stereocenters. The van der Waals surface area contributed by atoms with E-state index in [1.807, 2.05) is 36.4 Å². The summed E-state index contributed by atoms with van der Waals surface area (Å²) < 4.78 is 7.47. The number of rotatable bonds is 7. The topological polar surface area (TPSA) is 76.8 Å². The fourth-order valence-electron chi connectivity index (χ4n) is 2.33. The normalized spacial score (nSPS) is 10.6. The monoisotopic (exact) mass is 387 g/mol. The third-order valence-corrected chi connectivity index (χ3v) is 4.08. The van der Waals surface area contributed by atoms with Crippen molar-refractivity contribution in [1.29, 1.82) is 0 Å². The summed E-state index contributed by atoms with van der Waals surface area (Å²) in [7, 11) is 1.34. The Morgan fingerprint density at radius 2 is 1.78 bits per heavy atom. The van der Waals surface area contributed by atoms with Crippen LogP contribution < -0.4 is 4.74 Å². The molecular formula is C19H18ClN3O4. The standard InChI is InChI=1S/C19H18ClN3O4/c1-22(19(24)25)27-13-15-5-3-2-4-14(15)12-26-18-10-11-23(21-18)17-8-6-16(20)7-9-17/h2-11H,12-13H2,1H3,(H,24,25). The number of hydrogen-bond acceptors (Lipinski definition) is 4. The van der Waals surface area contributed by atoms with E-state index in [4.69, 9.17) is 26.3 Å². The van der Waals surface area contributed by atoms with Crippen LogP contribution in [0.25, 0.3) is 5.69 Å². The SMILES string of the molecule is CN(OCc1ccccc1COc1ccn(-c2ccc(Cl)cc2)n1)C(=O)O. The minimum atomic E-state index is -1.16. The Balaban J connectivity index is 1.63. The molecule has 2 aromatic carbocycles. The van der Waals surface area contributed by atoms with Crippen LogP contribution in [0.2, 0.25) is 5.02 Å². The quantitative estimate of drug-likeness (QED) is 0.616. The number of amides is 1. The molecule has 0 spiro atoms. The first kappa shape index (κ1) is 18.8. The third-order valence-electron chi connectivity index (χ3n) is 3.83. The number of benzene rings is 2. The van der Waals surface area contributed by atoms with Gasteiger partial charge in [0.25, 0.3) is 0 Å². The zero-order valence-corrected chi connectivity index (χ0v) is 15.3. The number of halogens is 1.